The zero-order chi connectivity index (χ0) is 20.3. The van der Waals surface area contributed by atoms with Gasteiger partial charge >= 0.3 is 6.18 Å². The molecule has 1 aliphatic carbocycles. The fourth-order valence-electron chi connectivity index (χ4n) is 2.66. The minimum atomic E-state index is -4.50. The van der Waals surface area contributed by atoms with E-state index in [1.807, 2.05) is 18.4 Å². The summed E-state index contributed by atoms with van der Waals surface area (Å²) in [4.78, 5) is 12.4. The van der Waals surface area contributed by atoms with Crippen LogP contribution in [0.3, 0.4) is 0 Å². The van der Waals surface area contributed by atoms with Crippen molar-refractivity contribution in [1.82, 2.24) is 14.8 Å². The van der Waals surface area contributed by atoms with Gasteiger partial charge in [-0.3, -0.25) is 4.79 Å². The van der Waals surface area contributed by atoms with Crippen molar-refractivity contribution in [3.05, 3.63) is 29.6 Å². The van der Waals surface area contributed by atoms with Gasteiger partial charge in [-0.15, -0.1) is 10.2 Å². The molecule has 0 radical (unpaired) electrons. The van der Waals surface area contributed by atoms with Crippen LogP contribution in [0.4, 0.5) is 18.9 Å². The molecule has 1 aromatic heterocycles. The maximum atomic E-state index is 13.0. The van der Waals surface area contributed by atoms with Crippen molar-refractivity contribution in [2.75, 3.05) is 17.7 Å². The minimum Gasteiger partial charge on any atom is -0.491 e. The number of nitrogens with zero attached hydrogens (tertiary/aromatic N) is 3. The molecule has 6 nitrogen and oxygen atoms in total. The molecule has 1 N–H and O–H groups in total. The van der Waals surface area contributed by atoms with Gasteiger partial charge in [0.25, 0.3) is 0 Å². The minimum absolute atomic E-state index is 0.00807. The number of amides is 1. The van der Waals surface area contributed by atoms with Crippen molar-refractivity contribution in [3.8, 4) is 5.75 Å². The van der Waals surface area contributed by atoms with E-state index in [-0.39, 0.29) is 17.2 Å². The van der Waals surface area contributed by atoms with Gasteiger partial charge in [-0.1, -0.05) is 18.7 Å². The number of hydrogen-bond donors (Lipinski definition) is 1. The summed E-state index contributed by atoms with van der Waals surface area (Å²) in [7, 11) is 0. The SMILES string of the molecule is CCCOc1ccc(C(F)(F)F)cc1NC(=O)CSc1nnc(C)n1C1CC1. The van der Waals surface area contributed by atoms with Crippen molar-refractivity contribution in [1.29, 1.82) is 0 Å². The van der Waals surface area contributed by atoms with Crippen molar-refractivity contribution < 1.29 is 22.7 Å². The average Bonchev–Trinajstić information content (AvgIpc) is 3.40. The Morgan fingerprint density at radius 1 is 1.36 bits per heavy atom. The second kappa shape index (κ2) is 8.42. The second-order valence-corrected chi connectivity index (χ2v) is 7.47. The van der Waals surface area contributed by atoms with E-state index in [0.717, 1.165) is 30.8 Å². The zero-order valence-electron chi connectivity index (χ0n) is 15.5. The highest BCUT2D eigenvalue weighted by atomic mass is 32.2. The monoisotopic (exact) mass is 414 g/mol. The van der Waals surface area contributed by atoms with E-state index in [1.165, 1.54) is 17.8 Å². The van der Waals surface area contributed by atoms with Crippen molar-refractivity contribution in [2.24, 2.45) is 0 Å². The second-order valence-electron chi connectivity index (χ2n) is 6.52. The topological polar surface area (TPSA) is 69.0 Å². The molecule has 3 rings (SSSR count). The van der Waals surface area contributed by atoms with Gasteiger partial charge in [0, 0.05) is 6.04 Å². The van der Waals surface area contributed by atoms with Crippen LogP contribution in [-0.4, -0.2) is 33.0 Å². The van der Waals surface area contributed by atoms with Crippen molar-refractivity contribution in [2.45, 2.75) is 50.5 Å². The van der Waals surface area contributed by atoms with E-state index in [9.17, 15) is 18.0 Å². The first-order valence-corrected chi connectivity index (χ1v) is 9.96. The molecule has 0 saturated heterocycles. The smallest absolute Gasteiger partial charge is 0.416 e. The molecule has 0 atom stereocenters. The number of nitrogens with one attached hydrogen (secondary N) is 1. The van der Waals surface area contributed by atoms with Crippen LogP contribution in [0.15, 0.2) is 23.4 Å². The Bertz CT molecular complexity index is 850. The van der Waals surface area contributed by atoms with Crippen LogP contribution in [0.2, 0.25) is 0 Å². The van der Waals surface area contributed by atoms with Crippen LogP contribution in [-0.2, 0) is 11.0 Å². The Labute approximate surface area is 164 Å². The highest BCUT2D eigenvalue weighted by Crippen LogP contribution is 2.39. The molecule has 0 unspecified atom stereocenters. The molecular formula is C18H21F3N4O2S. The van der Waals surface area contributed by atoms with Crippen LogP contribution in [0.25, 0.3) is 0 Å². The van der Waals surface area contributed by atoms with Gasteiger partial charge in [0.2, 0.25) is 5.91 Å². The number of hydrogen-bond acceptors (Lipinski definition) is 5. The number of carbonyl (C=O) groups excluding carboxylic acids is 1. The maximum Gasteiger partial charge on any atom is 0.416 e. The number of ether oxygens (including phenoxy) is 1. The third kappa shape index (κ3) is 4.98. The third-order valence-electron chi connectivity index (χ3n) is 4.12. The molecule has 152 valence electrons. The predicted octanol–water partition coefficient (Wildman–Crippen LogP) is 4.46. The van der Waals surface area contributed by atoms with Crippen LogP contribution >= 0.6 is 11.8 Å². The van der Waals surface area contributed by atoms with Crippen LogP contribution in [0.5, 0.6) is 5.75 Å². The number of halogens is 3. The van der Waals surface area contributed by atoms with Gasteiger partial charge in [0.1, 0.15) is 11.6 Å². The van der Waals surface area contributed by atoms with E-state index in [4.69, 9.17) is 4.74 Å². The number of thioether (sulfide) groups is 1. The summed E-state index contributed by atoms with van der Waals surface area (Å²) < 4.78 is 46.5. The highest BCUT2D eigenvalue weighted by molar-refractivity contribution is 7.99. The van der Waals surface area contributed by atoms with Gasteiger partial charge in [-0.05, 0) is 44.4 Å². The predicted molar refractivity (Wildman–Crippen MR) is 99.6 cm³/mol. The van der Waals surface area contributed by atoms with E-state index < -0.39 is 17.6 Å². The summed E-state index contributed by atoms with van der Waals surface area (Å²) in [5.74, 6) is 0.575. The highest BCUT2D eigenvalue weighted by Gasteiger charge is 2.32. The number of carbonyl (C=O) groups is 1. The molecule has 28 heavy (non-hydrogen) atoms. The number of aryl methyl sites for hydroxylation is 1. The van der Waals surface area contributed by atoms with E-state index in [1.54, 1.807) is 0 Å². The molecule has 1 aromatic carbocycles. The van der Waals surface area contributed by atoms with Gasteiger partial charge in [-0.2, -0.15) is 13.2 Å². The first kappa shape index (κ1) is 20.5. The molecule has 1 saturated carbocycles. The number of aromatic nitrogens is 3. The molecule has 10 heteroatoms. The van der Waals surface area contributed by atoms with E-state index in [0.29, 0.717) is 24.2 Å². The average molecular weight is 414 g/mol. The van der Waals surface area contributed by atoms with E-state index >= 15 is 0 Å². The summed E-state index contributed by atoms with van der Waals surface area (Å²) >= 11 is 1.21. The lowest BCUT2D eigenvalue weighted by Gasteiger charge is -2.15. The summed E-state index contributed by atoms with van der Waals surface area (Å²) in [5.41, 5.74) is -0.836. The van der Waals surface area contributed by atoms with Crippen LogP contribution in [0.1, 0.15) is 43.6 Å². The molecule has 1 heterocycles. The van der Waals surface area contributed by atoms with Crippen molar-refractivity contribution in [3.63, 3.8) is 0 Å². The number of rotatable bonds is 8. The van der Waals surface area contributed by atoms with Gasteiger partial charge < -0.3 is 14.6 Å². The molecule has 2 aromatic rings. The van der Waals surface area contributed by atoms with Crippen LogP contribution < -0.4 is 10.1 Å². The summed E-state index contributed by atoms with van der Waals surface area (Å²) in [6.45, 7) is 4.08. The number of anilines is 1. The zero-order valence-corrected chi connectivity index (χ0v) is 16.4. The number of benzene rings is 1. The molecule has 0 bridgehead atoms. The largest absolute Gasteiger partial charge is 0.491 e. The van der Waals surface area contributed by atoms with E-state index in [2.05, 4.69) is 15.5 Å². The fourth-order valence-corrected chi connectivity index (χ4v) is 3.51. The fraction of sp³-hybridized carbons (Fsp3) is 0.500. The molecular weight excluding hydrogens is 393 g/mol. The Kier molecular flexibility index (Phi) is 6.17. The normalized spacial score (nSPS) is 14.2. The molecule has 0 spiro atoms. The standard InChI is InChI=1S/C18H21F3N4O2S/c1-3-8-27-15-7-4-12(18(19,20)21)9-14(15)22-16(26)10-28-17-24-23-11(2)25(17)13-5-6-13/h4,7,9,13H,3,5-6,8,10H2,1-2H3,(H,22,26). The lowest BCUT2D eigenvalue weighted by Crippen LogP contribution is -2.17. The number of alkyl halides is 3. The maximum absolute atomic E-state index is 13.0. The van der Waals surface area contributed by atoms with Crippen LogP contribution in [0, 0.1) is 6.92 Å². The third-order valence-corrected chi connectivity index (χ3v) is 5.07. The Hall–Kier alpha value is -2.23. The molecule has 1 fully saturated rings. The molecule has 0 aliphatic heterocycles. The molecule has 1 aliphatic rings. The Morgan fingerprint density at radius 2 is 2.11 bits per heavy atom. The first-order valence-electron chi connectivity index (χ1n) is 8.97. The summed E-state index contributed by atoms with van der Waals surface area (Å²) in [5, 5.41) is 11.3. The quantitative estimate of drug-likeness (QED) is 0.646. The lowest BCUT2D eigenvalue weighted by molar-refractivity contribution is -0.137. The van der Waals surface area contributed by atoms with Gasteiger partial charge in [-0.25, -0.2) is 0 Å². The summed E-state index contributed by atoms with van der Waals surface area (Å²) in [6, 6.07) is 3.44. The summed E-state index contributed by atoms with van der Waals surface area (Å²) in [6.07, 6.45) is -1.70. The Morgan fingerprint density at radius 3 is 2.75 bits per heavy atom. The lowest BCUT2D eigenvalue weighted by atomic mass is 10.1. The van der Waals surface area contributed by atoms with Gasteiger partial charge in [0.05, 0.1) is 23.6 Å². The first-order chi connectivity index (χ1) is 13.3. The van der Waals surface area contributed by atoms with Gasteiger partial charge in [0.15, 0.2) is 5.16 Å². The molecule has 1 amide bonds. The van der Waals surface area contributed by atoms with Crippen molar-refractivity contribution >= 4 is 23.4 Å². The Balaban J connectivity index is 1.69.